The molecule has 4 atom stereocenters. The number of carbonyl (C=O) groups excluding carboxylic acids is 1. The first-order valence-electron chi connectivity index (χ1n) is 14.5. The summed E-state index contributed by atoms with van der Waals surface area (Å²) in [6, 6.07) is 21.4. The molecule has 4 rings (SSSR count). The lowest BCUT2D eigenvalue weighted by Crippen LogP contribution is -2.40. The Morgan fingerprint density at radius 1 is 1.07 bits per heavy atom. The minimum absolute atomic E-state index is 0.0627. The van der Waals surface area contributed by atoms with E-state index in [4.69, 9.17) is 38.8 Å². The lowest BCUT2D eigenvalue weighted by atomic mass is 10.1. The Labute approximate surface area is 261 Å². The van der Waals surface area contributed by atoms with Gasteiger partial charge in [0.25, 0.3) is 0 Å². The third kappa shape index (κ3) is 11.3. The average molecular weight is 644 g/mol. The van der Waals surface area contributed by atoms with Crippen LogP contribution in [0, 0.1) is 6.92 Å². The molecule has 3 aromatic carbocycles. The lowest BCUT2D eigenvalue weighted by Gasteiger charge is -2.32. The van der Waals surface area contributed by atoms with Crippen molar-refractivity contribution in [2.45, 2.75) is 57.5 Å². The predicted octanol–water partition coefficient (Wildman–Crippen LogP) is 4.94. The first kappa shape index (κ1) is 34.1. The summed E-state index contributed by atoms with van der Waals surface area (Å²) < 4.78 is 45.3. The van der Waals surface area contributed by atoms with Gasteiger partial charge < -0.3 is 34.7 Å². The number of phosphoric ester groups is 1. The molecule has 4 N–H and O–H groups in total. The number of hydrogen-bond acceptors (Lipinski definition) is 10. The van der Waals surface area contributed by atoms with Gasteiger partial charge >= 0.3 is 19.8 Å². The molecule has 1 fully saturated rings. The molecule has 45 heavy (non-hydrogen) atoms. The summed E-state index contributed by atoms with van der Waals surface area (Å²) in [5, 5.41) is 8.83. The second-order valence-electron chi connectivity index (χ2n) is 10.5. The van der Waals surface area contributed by atoms with Crippen LogP contribution in [-0.2, 0) is 45.7 Å². The molecule has 3 aromatic rings. The van der Waals surface area contributed by atoms with Crippen LogP contribution in [-0.4, -0.2) is 60.0 Å². The van der Waals surface area contributed by atoms with Crippen molar-refractivity contribution in [2.75, 3.05) is 19.8 Å². The molecule has 1 unspecified atom stereocenters. The molecular weight excluding hydrogens is 605 g/mol. The normalized spacial score (nSPS) is 18.4. The molecule has 1 saturated heterocycles. The Kier molecular flexibility index (Phi) is 12.5. The fraction of sp³-hybridized carbons (Fsp3) is 0.375. The van der Waals surface area contributed by atoms with Crippen molar-refractivity contribution >= 4 is 19.8 Å². The van der Waals surface area contributed by atoms with Crippen molar-refractivity contribution < 1.29 is 52.1 Å². The van der Waals surface area contributed by atoms with Crippen LogP contribution >= 0.6 is 7.82 Å². The van der Waals surface area contributed by atoms with Crippen molar-refractivity contribution in [3.8, 4) is 17.2 Å². The molecular formula is C32H38NO11P. The molecule has 1 aliphatic rings. The van der Waals surface area contributed by atoms with E-state index in [1.807, 2.05) is 79.7 Å². The highest BCUT2D eigenvalue weighted by Gasteiger charge is 2.36. The summed E-state index contributed by atoms with van der Waals surface area (Å²) in [4.78, 5) is 33.5. The molecule has 1 aliphatic heterocycles. The highest BCUT2D eigenvalue weighted by molar-refractivity contribution is 7.47. The van der Waals surface area contributed by atoms with Gasteiger partial charge in [-0.3, -0.25) is 18.6 Å². The number of carbonyl (C=O) groups is 2. The number of benzene rings is 3. The lowest BCUT2D eigenvalue weighted by molar-refractivity contribution is -0.154. The Morgan fingerprint density at radius 3 is 2.62 bits per heavy atom. The maximum absolute atomic E-state index is 12.6. The Hall–Kier alpha value is -3.77. The minimum Gasteiger partial charge on any atom is -0.489 e. The minimum atomic E-state index is -4.63. The molecule has 13 heteroatoms. The fourth-order valence-corrected chi connectivity index (χ4v) is 5.47. The number of hydrogen-bond donors (Lipinski definition) is 3. The quantitative estimate of drug-likeness (QED) is 0.142. The molecule has 0 aliphatic carbocycles. The van der Waals surface area contributed by atoms with Crippen LogP contribution in [0.5, 0.6) is 17.2 Å². The first-order chi connectivity index (χ1) is 21.6. The molecule has 0 spiro atoms. The molecule has 0 saturated carbocycles. The van der Waals surface area contributed by atoms with Crippen LogP contribution in [0.1, 0.15) is 36.0 Å². The van der Waals surface area contributed by atoms with Gasteiger partial charge in [0, 0.05) is 13.0 Å². The molecule has 12 nitrogen and oxygen atoms in total. The van der Waals surface area contributed by atoms with Crippen molar-refractivity contribution in [1.82, 2.24) is 0 Å². The summed E-state index contributed by atoms with van der Waals surface area (Å²) >= 11 is 0. The maximum atomic E-state index is 12.6. The van der Waals surface area contributed by atoms with Gasteiger partial charge in [0.15, 0.2) is 0 Å². The monoisotopic (exact) mass is 643 g/mol. The summed E-state index contributed by atoms with van der Waals surface area (Å²) in [5.74, 6) is 0.205. The van der Waals surface area contributed by atoms with E-state index >= 15 is 0 Å². The van der Waals surface area contributed by atoms with Crippen molar-refractivity contribution in [1.29, 1.82) is 0 Å². The van der Waals surface area contributed by atoms with E-state index in [1.165, 1.54) is 0 Å². The molecule has 0 bridgehead atoms. The van der Waals surface area contributed by atoms with E-state index in [0.717, 1.165) is 22.4 Å². The van der Waals surface area contributed by atoms with Gasteiger partial charge in [-0.05, 0) is 67.6 Å². The first-order valence-corrected chi connectivity index (χ1v) is 16.0. The standard InChI is InChI=1S/C32H38NO11P/c1-22-11-14-25(15-12-22)43-26-8-4-6-23(18-26)19-40-28-9-3-2-7-24(28)13-16-31(34)41-21-30-29(10-5-17-39-30)44-45(37,38)42-20-27(33)32(35)36/h2-4,6-9,11-12,14-15,18,27,29-30H,5,10,13,16-17,19-21,33H2,1H3,(H,35,36)(H,37,38)/t27-,29+,30+/m0/s1. The topological polar surface area (TPSA) is 173 Å². The number of phosphoric acid groups is 1. The van der Waals surface area contributed by atoms with E-state index < -0.39 is 44.6 Å². The highest BCUT2D eigenvalue weighted by Crippen LogP contribution is 2.46. The van der Waals surface area contributed by atoms with Crippen molar-refractivity contribution in [2.24, 2.45) is 5.73 Å². The Balaban J connectivity index is 1.25. The summed E-state index contributed by atoms with van der Waals surface area (Å²) in [6.45, 7) is 1.76. The zero-order valence-corrected chi connectivity index (χ0v) is 25.8. The molecule has 1 heterocycles. The second kappa shape index (κ2) is 16.5. The van der Waals surface area contributed by atoms with Crippen LogP contribution in [0.2, 0.25) is 0 Å². The van der Waals surface area contributed by atoms with Gasteiger partial charge in [-0.1, -0.05) is 48.0 Å². The highest BCUT2D eigenvalue weighted by atomic mass is 31.2. The summed E-state index contributed by atoms with van der Waals surface area (Å²) in [7, 11) is -4.63. The Bertz CT molecular complexity index is 1470. The van der Waals surface area contributed by atoms with Crippen LogP contribution in [0.3, 0.4) is 0 Å². The number of aryl methyl sites for hydroxylation is 2. The van der Waals surface area contributed by atoms with Crippen molar-refractivity contribution in [3.63, 3.8) is 0 Å². The van der Waals surface area contributed by atoms with Gasteiger partial charge in [-0.25, -0.2) is 4.57 Å². The van der Waals surface area contributed by atoms with Crippen molar-refractivity contribution in [3.05, 3.63) is 89.5 Å². The fourth-order valence-electron chi connectivity index (χ4n) is 4.47. The number of nitrogens with two attached hydrogens (primary N) is 1. The van der Waals surface area contributed by atoms with Crippen LogP contribution < -0.4 is 15.2 Å². The van der Waals surface area contributed by atoms with Gasteiger partial charge in [-0.15, -0.1) is 0 Å². The van der Waals surface area contributed by atoms with E-state index in [1.54, 1.807) is 0 Å². The number of aliphatic carboxylic acids is 1. The van der Waals surface area contributed by atoms with Gasteiger partial charge in [0.1, 0.15) is 42.6 Å². The third-order valence-corrected chi connectivity index (χ3v) is 7.92. The van der Waals surface area contributed by atoms with Crippen LogP contribution in [0.15, 0.2) is 72.8 Å². The second-order valence-corrected chi connectivity index (χ2v) is 12.0. The number of carboxylic acids is 1. The van der Waals surface area contributed by atoms with E-state index in [-0.39, 0.29) is 13.0 Å². The number of rotatable bonds is 16. The molecule has 0 radical (unpaired) electrons. The molecule has 0 aromatic heterocycles. The van der Waals surface area contributed by atoms with Gasteiger partial charge in [-0.2, -0.15) is 0 Å². The summed E-state index contributed by atoms with van der Waals surface area (Å²) in [5.41, 5.74) is 8.21. The zero-order valence-electron chi connectivity index (χ0n) is 24.9. The van der Waals surface area contributed by atoms with Crippen LogP contribution in [0.4, 0.5) is 0 Å². The largest absolute Gasteiger partial charge is 0.489 e. The van der Waals surface area contributed by atoms with Crippen LogP contribution in [0.25, 0.3) is 0 Å². The van der Waals surface area contributed by atoms with E-state index in [2.05, 4.69) is 0 Å². The number of carboxylic acid groups (broad SMARTS) is 1. The summed E-state index contributed by atoms with van der Waals surface area (Å²) in [6.07, 6.45) is -0.384. The van der Waals surface area contributed by atoms with E-state index in [9.17, 15) is 19.0 Å². The van der Waals surface area contributed by atoms with Gasteiger partial charge in [0.05, 0.1) is 12.7 Å². The van der Waals surface area contributed by atoms with Gasteiger partial charge in [0.2, 0.25) is 0 Å². The predicted molar refractivity (Wildman–Crippen MR) is 163 cm³/mol. The molecule has 242 valence electrons. The molecule has 0 amide bonds. The number of ether oxygens (including phenoxy) is 4. The average Bonchev–Trinajstić information content (AvgIpc) is 3.02. The SMILES string of the molecule is Cc1ccc(Oc2cccc(COc3ccccc3CCC(=O)OC[C@H]3OCCC[C@H]3OP(=O)(O)OC[C@H](N)C(=O)O)c2)cc1. The maximum Gasteiger partial charge on any atom is 0.472 e. The van der Waals surface area contributed by atoms with E-state index in [0.29, 0.717) is 44.0 Å². The zero-order chi connectivity index (χ0) is 32.2. The number of esters is 1. The smallest absolute Gasteiger partial charge is 0.472 e. The number of para-hydroxylation sites is 1. The Morgan fingerprint density at radius 2 is 1.84 bits per heavy atom. The third-order valence-electron chi connectivity index (χ3n) is 6.91.